The Hall–Kier alpha value is -2.63. The van der Waals surface area contributed by atoms with Crippen molar-refractivity contribution in [3.63, 3.8) is 0 Å². The van der Waals surface area contributed by atoms with Gasteiger partial charge in [-0.1, -0.05) is 42.5 Å². The second kappa shape index (κ2) is 15.6. The van der Waals surface area contributed by atoms with Crippen molar-refractivity contribution < 1.29 is 31.2 Å². The Morgan fingerprint density at radius 1 is 1.05 bits per heavy atom. The highest BCUT2D eigenvalue weighted by Crippen LogP contribution is 2.24. The van der Waals surface area contributed by atoms with Crippen molar-refractivity contribution in [2.75, 3.05) is 32.4 Å². The van der Waals surface area contributed by atoms with Crippen LogP contribution in [0.3, 0.4) is 0 Å². The summed E-state index contributed by atoms with van der Waals surface area (Å²) in [5, 5.41) is 2.78. The zero-order valence-corrected chi connectivity index (χ0v) is 25.0. The number of amides is 2. The van der Waals surface area contributed by atoms with Gasteiger partial charge in [-0.25, -0.2) is 8.42 Å². The summed E-state index contributed by atoms with van der Waals surface area (Å²) in [6, 6.07) is 15.4. The van der Waals surface area contributed by atoms with Crippen molar-refractivity contribution >= 4 is 34.1 Å². The first kappa shape index (κ1) is 34.6. The Bertz CT molecular complexity index is 1220. The predicted molar refractivity (Wildman–Crippen MR) is 155 cm³/mol. The van der Waals surface area contributed by atoms with Crippen LogP contribution in [-0.4, -0.2) is 74.7 Å². The van der Waals surface area contributed by atoms with Gasteiger partial charge in [0.15, 0.2) is 9.84 Å². The van der Waals surface area contributed by atoms with E-state index in [0.717, 1.165) is 43.3 Å². The molecule has 0 aromatic heterocycles. The maximum atomic E-state index is 13.1. The number of likely N-dealkylation sites (N-methyl/N-ethyl adjacent to an activating group) is 1. The third-order valence-electron chi connectivity index (χ3n) is 7.27. The van der Waals surface area contributed by atoms with Crippen LogP contribution in [0.1, 0.15) is 56.2 Å². The van der Waals surface area contributed by atoms with Crippen LogP contribution in [-0.2, 0) is 25.8 Å². The van der Waals surface area contributed by atoms with Crippen molar-refractivity contribution in [3.05, 3.63) is 65.7 Å². The van der Waals surface area contributed by atoms with Crippen LogP contribution >= 0.6 is 12.4 Å². The molecule has 0 aliphatic carbocycles. The topological polar surface area (TPSA) is 86.8 Å². The Morgan fingerprint density at radius 2 is 1.66 bits per heavy atom. The predicted octanol–water partition coefficient (Wildman–Crippen LogP) is 4.96. The third-order valence-corrected chi connectivity index (χ3v) is 8.40. The van der Waals surface area contributed by atoms with Crippen molar-refractivity contribution in [2.45, 2.75) is 68.6 Å². The summed E-state index contributed by atoms with van der Waals surface area (Å²) in [5.74, 6) is -0.619. The molecule has 0 saturated carbocycles. The van der Waals surface area contributed by atoms with Crippen molar-refractivity contribution in [1.29, 1.82) is 0 Å². The van der Waals surface area contributed by atoms with Crippen molar-refractivity contribution in [1.82, 2.24) is 15.1 Å². The molecule has 41 heavy (non-hydrogen) atoms. The molecule has 1 fully saturated rings. The number of carbonyl (C=O) groups excluding carboxylic acids is 2. The molecule has 0 radical (unpaired) electrons. The molecule has 1 heterocycles. The molecule has 2 amide bonds. The average Bonchev–Trinajstić information content (AvgIpc) is 2.91. The molecule has 228 valence electrons. The number of hydrogen-bond donors (Lipinski definition) is 1. The molecule has 0 unspecified atom stereocenters. The minimum atomic E-state index is -4.37. The van der Waals surface area contributed by atoms with Gasteiger partial charge in [0, 0.05) is 44.9 Å². The maximum absolute atomic E-state index is 13.1. The summed E-state index contributed by atoms with van der Waals surface area (Å²) < 4.78 is 61.1. The van der Waals surface area contributed by atoms with E-state index in [1.165, 1.54) is 12.1 Å². The van der Waals surface area contributed by atoms with Gasteiger partial charge in [0.05, 0.1) is 23.8 Å². The monoisotopic (exact) mass is 617 g/mol. The molecule has 1 N–H and O–H groups in total. The van der Waals surface area contributed by atoms with E-state index in [4.69, 9.17) is 0 Å². The maximum Gasteiger partial charge on any atom is 0.389 e. The standard InChI is InChI=1S/C29H38F3N3O4S.ClH/c1-3-35(28(37)21-22-9-11-25(12-10-22)40(2,38)39)24-14-18-34(19-15-24)20-16-26(23-7-5-4-6-8-23)33-27(36)13-17-29(30,31)32;/h4-12,24,26H,3,13-21H2,1-2H3,(H,33,36);1H/t26-;/m0./s1. The first-order valence-electron chi connectivity index (χ1n) is 13.6. The number of hydrogen-bond acceptors (Lipinski definition) is 5. The van der Waals surface area contributed by atoms with Gasteiger partial charge in [-0.3, -0.25) is 9.59 Å². The summed E-state index contributed by atoms with van der Waals surface area (Å²) >= 11 is 0. The number of likely N-dealkylation sites (tertiary alicyclic amines) is 1. The van der Waals surface area contributed by atoms with Crippen LogP contribution in [0, 0.1) is 0 Å². The molecule has 1 atom stereocenters. The second-order valence-electron chi connectivity index (χ2n) is 10.3. The molecule has 1 aliphatic heterocycles. The zero-order valence-electron chi connectivity index (χ0n) is 23.4. The molecule has 2 aromatic rings. The summed E-state index contributed by atoms with van der Waals surface area (Å²) in [6.07, 6.45) is -2.62. The number of carbonyl (C=O) groups is 2. The second-order valence-corrected chi connectivity index (χ2v) is 12.3. The minimum absolute atomic E-state index is 0. The summed E-state index contributed by atoms with van der Waals surface area (Å²) in [7, 11) is -3.29. The smallest absolute Gasteiger partial charge is 0.349 e. The largest absolute Gasteiger partial charge is 0.389 e. The van der Waals surface area contributed by atoms with Gasteiger partial charge < -0.3 is 15.1 Å². The van der Waals surface area contributed by atoms with E-state index in [0.29, 0.717) is 19.5 Å². The minimum Gasteiger partial charge on any atom is -0.349 e. The third kappa shape index (κ3) is 11.3. The molecular weight excluding hydrogens is 579 g/mol. The van der Waals surface area contributed by atoms with Gasteiger partial charge in [0.25, 0.3) is 0 Å². The van der Waals surface area contributed by atoms with Gasteiger partial charge >= 0.3 is 6.18 Å². The number of benzene rings is 2. The lowest BCUT2D eigenvalue weighted by molar-refractivity contribution is -0.144. The number of nitrogens with zero attached hydrogens (tertiary/aromatic N) is 2. The molecule has 12 heteroatoms. The van der Waals surface area contributed by atoms with Gasteiger partial charge in [0.1, 0.15) is 0 Å². The number of rotatable bonds is 12. The summed E-state index contributed by atoms with van der Waals surface area (Å²) in [5.41, 5.74) is 1.61. The van der Waals surface area contributed by atoms with E-state index >= 15 is 0 Å². The summed E-state index contributed by atoms with van der Waals surface area (Å²) in [6.45, 7) is 4.72. The molecule has 3 rings (SSSR count). The zero-order chi connectivity index (χ0) is 29.3. The normalized spacial score (nSPS) is 15.5. The summed E-state index contributed by atoms with van der Waals surface area (Å²) in [4.78, 5) is 29.7. The average molecular weight is 618 g/mol. The lowest BCUT2D eigenvalue weighted by Gasteiger charge is -2.38. The number of halogens is 4. The number of alkyl halides is 3. The number of sulfone groups is 1. The van der Waals surface area contributed by atoms with E-state index in [2.05, 4.69) is 10.2 Å². The molecule has 0 bridgehead atoms. The fourth-order valence-electron chi connectivity index (χ4n) is 5.06. The van der Waals surface area contributed by atoms with Crippen LogP contribution < -0.4 is 5.32 Å². The lowest BCUT2D eigenvalue weighted by atomic mass is 9.99. The first-order valence-corrected chi connectivity index (χ1v) is 15.5. The SMILES string of the molecule is CCN(C(=O)Cc1ccc(S(C)(=O)=O)cc1)C1CCN(CC[C@H](NC(=O)CCC(F)(F)F)c2ccccc2)CC1.Cl. The Kier molecular flexibility index (Phi) is 13.1. The van der Waals surface area contributed by atoms with Crippen LogP contribution in [0.2, 0.25) is 0 Å². The van der Waals surface area contributed by atoms with E-state index in [1.807, 2.05) is 42.2 Å². The molecular formula is C29H39ClF3N3O4S. The molecule has 1 aliphatic rings. The Morgan fingerprint density at radius 3 is 2.20 bits per heavy atom. The van der Waals surface area contributed by atoms with Gasteiger partial charge in [0.2, 0.25) is 11.8 Å². The molecule has 1 saturated heterocycles. The van der Waals surface area contributed by atoms with Crippen molar-refractivity contribution in [2.24, 2.45) is 0 Å². The number of nitrogens with one attached hydrogen (secondary N) is 1. The molecule has 2 aromatic carbocycles. The number of piperidine rings is 1. The fourth-order valence-corrected chi connectivity index (χ4v) is 5.69. The first-order chi connectivity index (χ1) is 18.9. The van der Waals surface area contributed by atoms with Crippen LogP contribution in [0.5, 0.6) is 0 Å². The van der Waals surface area contributed by atoms with Gasteiger partial charge in [-0.05, 0) is 49.4 Å². The van der Waals surface area contributed by atoms with E-state index in [-0.39, 0.29) is 41.7 Å². The van der Waals surface area contributed by atoms with E-state index in [9.17, 15) is 31.2 Å². The highest BCUT2D eigenvalue weighted by Gasteiger charge is 2.30. The quantitative estimate of drug-likeness (QED) is 0.364. The Balaban J connectivity index is 0.00000588. The molecule has 0 spiro atoms. The van der Waals surface area contributed by atoms with Gasteiger partial charge in [-0.15, -0.1) is 12.4 Å². The Labute approximate surface area is 246 Å². The highest BCUT2D eigenvalue weighted by atomic mass is 35.5. The fraction of sp³-hybridized carbons (Fsp3) is 0.517. The van der Waals surface area contributed by atoms with Gasteiger partial charge in [-0.2, -0.15) is 13.2 Å². The lowest BCUT2D eigenvalue weighted by Crippen LogP contribution is -2.48. The van der Waals surface area contributed by atoms with Crippen LogP contribution in [0.25, 0.3) is 0 Å². The molecule has 7 nitrogen and oxygen atoms in total. The van der Waals surface area contributed by atoms with Crippen molar-refractivity contribution in [3.8, 4) is 0 Å². The van der Waals surface area contributed by atoms with Crippen LogP contribution in [0.4, 0.5) is 13.2 Å². The highest BCUT2D eigenvalue weighted by molar-refractivity contribution is 7.90. The van der Waals surface area contributed by atoms with Crippen LogP contribution in [0.15, 0.2) is 59.5 Å². The van der Waals surface area contributed by atoms with E-state index in [1.54, 1.807) is 12.1 Å². The van der Waals surface area contributed by atoms with E-state index < -0.39 is 34.8 Å².